The van der Waals surface area contributed by atoms with Gasteiger partial charge in [-0.1, -0.05) is 6.07 Å². The van der Waals surface area contributed by atoms with Crippen LogP contribution in [0.15, 0.2) is 64.4 Å². The number of benzene rings is 2. The average Bonchev–Trinajstić information content (AvgIpc) is 3.82. The third-order valence-electron chi connectivity index (χ3n) is 8.86. The van der Waals surface area contributed by atoms with E-state index in [0.717, 1.165) is 15.7 Å². The predicted octanol–water partition coefficient (Wildman–Crippen LogP) is 2.16. The van der Waals surface area contributed by atoms with E-state index >= 15 is 0 Å². The molecule has 0 aliphatic carbocycles. The largest absolute Gasteiger partial charge is 0.493 e. The van der Waals surface area contributed by atoms with Crippen LogP contribution >= 0.6 is 0 Å². The van der Waals surface area contributed by atoms with E-state index in [4.69, 9.17) is 28.8 Å². The highest BCUT2D eigenvalue weighted by molar-refractivity contribution is 5.92. The van der Waals surface area contributed by atoms with Crippen molar-refractivity contribution in [1.82, 2.24) is 28.5 Å². The number of carbonyl (C=O) groups is 3. The molecule has 2 aromatic carbocycles. The third-order valence-corrected chi connectivity index (χ3v) is 8.86. The molecule has 52 heavy (non-hydrogen) atoms. The van der Waals surface area contributed by atoms with Crippen LogP contribution in [0.2, 0.25) is 0 Å². The Morgan fingerprint density at radius 1 is 0.865 bits per heavy atom. The number of rotatable bonds is 4. The fourth-order valence-electron chi connectivity index (χ4n) is 6.06. The minimum Gasteiger partial charge on any atom is -0.493 e. The number of methoxy groups -OCH3 is 1. The zero-order valence-electron chi connectivity index (χ0n) is 29.4. The molecule has 0 saturated carbocycles. The Balaban J connectivity index is 0.00000168. The smallest absolute Gasteiger partial charge is 0.331 e. The van der Waals surface area contributed by atoms with Gasteiger partial charge in [-0.25, -0.2) is 9.78 Å². The molecule has 4 aromatic rings. The van der Waals surface area contributed by atoms with Gasteiger partial charge in [0.15, 0.2) is 23.0 Å². The van der Waals surface area contributed by atoms with E-state index in [1.54, 1.807) is 18.2 Å². The Kier molecular flexibility index (Phi) is 12.3. The second kappa shape index (κ2) is 17.2. The molecule has 2 aromatic heterocycles. The Hall–Kier alpha value is -6.06. The first-order chi connectivity index (χ1) is 25.1. The van der Waals surface area contributed by atoms with Gasteiger partial charge < -0.3 is 38.4 Å². The molecular formula is C36H42N6O10. The molecule has 0 unspecified atom stereocenters. The summed E-state index contributed by atoms with van der Waals surface area (Å²) in [6.45, 7) is 2.26. The van der Waals surface area contributed by atoms with Crippen molar-refractivity contribution in [2.75, 3.05) is 46.7 Å². The molecule has 0 saturated heterocycles. The van der Waals surface area contributed by atoms with Crippen LogP contribution < -0.4 is 30.2 Å². The van der Waals surface area contributed by atoms with Crippen molar-refractivity contribution in [2.24, 2.45) is 14.1 Å². The first-order valence-corrected chi connectivity index (χ1v) is 16.8. The topological polar surface area (TPSA) is 177 Å². The van der Waals surface area contributed by atoms with Gasteiger partial charge >= 0.3 is 5.69 Å². The molecule has 4 heterocycles. The monoisotopic (exact) mass is 718 g/mol. The molecule has 16 nitrogen and oxygen atoms in total. The Morgan fingerprint density at radius 2 is 1.60 bits per heavy atom. The zero-order chi connectivity index (χ0) is 37.2. The number of aromatic nitrogens is 4. The van der Waals surface area contributed by atoms with E-state index in [2.05, 4.69) is 4.98 Å². The first kappa shape index (κ1) is 37.2. The summed E-state index contributed by atoms with van der Waals surface area (Å²) in [6, 6.07) is 12.3. The molecular weight excluding hydrogens is 676 g/mol. The van der Waals surface area contributed by atoms with Crippen molar-refractivity contribution in [3.8, 4) is 34.4 Å². The minimum absolute atomic E-state index is 0.0160. The van der Waals surface area contributed by atoms with Crippen molar-refractivity contribution in [3.63, 3.8) is 0 Å². The number of carbonyl (C=O) groups excluding carboxylic acids is 2. The van der Waals surface area contributed by atoms with Crippen molar-refractivity contribution in [3.05, 3.63) is 87.0 Å². The molecule has 0 spiro atoms. The second-order valence-corrected chi connectivity index (χ2v) is 12.1. The van der Waals surface area contributed by atoms with Gasteiger partial charge in [-0.3, -0.25) is 28.3 Å². The number of hydrogen-bond acceptors (Lipinski definition) is 10. The fourth-order valence-corrected chi connectivity index (χ4v) is 6.06. The number of imidazole rings is 1. The van der Waals surface area contributed by atoms with Gasteiger partial charge in [-0.15, -0.1) is 0 Å². The van der Waals surface area contributed by atoms with Gasteiger partial charge in [0.2, 0.25) is 12.7 Å². The van der Waals surface area contributed by atoms with Crippen LogP contribution in [-0.4, -0.2) is 98.6 Å². The van der Waals surface area contributed by atoms with E-state index in [-0.39, 0.29) is 37.8 Å². The summed E-state index contributed by atoms with van der Waals surface area (Å²) < 4.78 is 26.8. The highest BCUT2D eigenvalue weighted by atomic mass is 16.7. The molecule has 0 atom stereocenters. The molecule has 276 valence electrons. The highest BCUT2D eigenvalue weighted by Crippen LogP contribution is 2.33. The molecule has 2 bridgehead atoms. The molecule has 2 amide bonds. The molecule has 2 aliphatic heterocycles. The Labute approximate surface area is 299 Å². The van der Waals surface area contributed by atoms with Crippen molar-refractivity contribution >= 4 is 18.3 Å². The van der Waals surface area contributed by atoms with Gasteiger partial charge in [-0.2, -0.15) is 0 Å². The summed E-state index contributed by atoms with van der Waals surface area (Å²) >= 11 is 0. The van der Waals surface area contributed by atoms with Crippen LogP contribution in [0.25, 0.3) is 11.4 Å². The lowest BCUT2D eigenvalue weighted by atomic mass is 10.1. The van der Waals surface area contributed by atoms with Crippen LogP contribution in [0.5, 0.6) is 23.0 Å². The molecule has 1 N–H and O–H groups in total. The lowest BCUT2D eigenvalue weighted by Gasteiger charge is -2.26. The maximum Gasteiger partial charge on any atom is 0.331 e. The van der Waals surface area contributed by atoms with Crippen LogP contribution in [0.1, 0.15) is 35.3 Å². The molecule has 0 fully saturated rings. The minimum atomic E-state index is -0.577. The van der Waals surface area contributed by atoms with Crippen molar-refractivity contribution in [2.45, 2.75) is 32.2 Å². The summed E-state index contributed by atoms with van der Waals surface area (Å²) in [5.74, 6) is 2.64. The van der Waals surface area contributed by atoms with E-state index in [1.807, 2.05) is 52.1 Å². The van der Waals surface area contributed by atoms with E-state index in [1.165, 1.54) is 24.7 Å². The van der Waals surface area contributed by atoms with Gasteiger partial charge in [0.05, 0.1) is 20.1 Å². The Bertz CT molecular complexity index is 2020. The predicted molar refractivity (Wildman–Crippen MR) is 188 cm³/mol. The summed E-state index contributed by atoms with van der Waals surface area (Å²) in [5.41, 5.74) is 0.513. The Morgan fingerprint density at radius 3 is 2.37 bits per heavy atom. The average molecular weight is 719 g/mol. The van der Waals surface area contributed by atoms with Crippen LogP contribution in [0, 0.1) is 0 Å². The highest BCUT2D eigenvalue weighted by Gasteiger charge is 2.23. The lowest BCUT2D eigenvalue weighted by molar-refractivity contribution is -0.130. The number of amides is 2. The standard InChI is InChI=1S/C35H40N6O8.CH2O2/c1-37-26(22-31(42)38(2)35(37)45)34(44)41-13-5-4-12-39(32(43)20-24-7-9-28-29(19-24)49-23-48-28)14-6-18-47-30-21-25(8-10-27(30)46-3)33-36-11-15-40(33)16-17-41;2-1-3/h7-11,15,19,21-22H,4-6,12-14,16-18,20,23H2,1-3H3;1H,(H,2,3). The number of hydrogen-bond donors (Lipinski definition) is 1. The SMILES string of the molecule is COc1ccc2cc1OCCCN(C(=O)Cc1ccc3c(c1)OCO3)CCCCN(C(=O)c1cc(=O)n(C)c(=O)n1C)CCn1ccnc1-2.O=CO. The fraction of sp³-hybridized carbons (Fsp3) is 0.389. The third kappa shape index (κ3) is 8.62. The van der Waals surface area contributed by atoms with E-state index in [9.17, 15) is 19.2 Å². The van der Waals surface area contributed by atoms with Gasteiger partial charge in [0, 0.05) is 70.8 Å². The van der Waals surface area contributed by atoms with Crippen LogP contribution in [0.4, 0.5) is 0 Å². The quantitative estimate of drug-likeness (QED) is 0.306. The van der Waals surface area contributed by atoms with Gasteiger partial charge in [0.1, 0.15) is 11.5 Å². The number of ether oxygens (including phenoxy) is 4. The maximum atomic E-state index is 13.9. The summed E-state index contributed by atoms with van der Waals surface area (Å²) in [5, 5.41) is 6.89. The summed E-state index contributed by atoms with van der Waals surface area (Å²) in [6.07, 6.45) is 5.53. The maximum absolute atomic E-state index is 13.9. The molecule has 16 heteroatoms. The normalized spacial score (nSPS) is 14.6. The summed E-state index contributed by atoms with van der Waals surface area (Å²) in [4.78, 5) is 69.2. The molecule has 0 radical (unpaired) electrons. The molecule has 2 aliphatic rings. The van der Waals surface area contributed by atoms with Gasteiger partial charge in [0.25, 0.3) is 17.9 Å². The van der Waals surface area contributed by atoms with Crippen molar-refractivity contribution in [1.29, 1.82) is 0 Å². The van der Waals surface area contributed by atoms with Gasteiger partial charge in [-0.05, 0) is 55.2 Å². The number of carboxylic acid groups (broad SMARTS) is 1. The van der Waals surface area contributed by atoms with E-state index in [0.29, 0.717) is 80.9 Å². The first-order valence-electron chi connectivity index (χ1n) is 16.8. The number of nitrogens with zero attached hydrogens (tertiary/aromatic N) is 6. The lowest BCUT2D eigenvalue weighted by Crippen LogP contribution is -2.43. The van der Waals surface area contributed by atoms with Crippen LogP contribution in [-0.2, 0) is 36.6 Å². The number of fused-ring (bicyclic) bond motifs is 5. The second-order valence-electron chi connectivity index (χ2n) is 12.1. The summed E-state index contributed by atoms with van der Waals surface area (Å²) in [7, 11) is 4.44. The molecule has 6 rings (SSSR count). The van der Waals surface area contributed by atoms with Crippen molar-refractivity contribution < 1.29 is 38.4 Å². The van der Waals surface area contributed by atoms with Crippen LogP contribution in [0.3, 0.4) is 0 Å². The van der Waals surface area contributed by atoms with E-state index < -0.39 is 17.2 Å². The zero-order valence-corrected chi connectivity index (χ0v) is 29.4.